The van der Waals surface area contributed by atoms with Gasteiger partial charge in [-0.05, 0) is 41.3 Å². The summed E-state index contributed by atoms with van der Waals surface area (Å²) in [7, 11) is 1.62. The number of methoxy groups -OCH3 is 1. The fraction of sp³-hybridized carbons (Fsp3) is 0.350. The molecule has 0 saturated heterocycles. The Morgan fingerprint density at radius 3 is 2.28 bits per heavy atom. The molecule has 25 heavy (non-hydrogen) atoms. The minimum Gasteiger partial charge on any atom is -0.497 e. The average molecular weight is 344 g/mol. The predicted molar refractivity (Wildman–Crippen MR) is 96.8 cm³/mol. The van der Waals surface area contributed by atoms with Crippen molar-refractivity contribution in [2.75, 3.05) is 13.7 Å². The Labute approximate surface area is 148 Å². The van der Waals surface area contributed by atoms with E-state index in [4.69, 9.17) is 4.74 Å². The quantitative estimate of drug-likeness (QED) is 0.771. The monoisotopic (exact) mass is 344 g/mol. The molecule has 0 spiro atoms. The largest absolute Gasteiger partial charge is 0.497 e. The molecule has 0 radical (unpaired) electrons. The third-order valence-electron chi connectivity index (χ3n) is 4.03. The van der Waals surface area contributed by atoms with Gasteiger partial charge in [-0.25, -0.2) is 4.39 Å². The van der Waals surface area contributed by atoms with Gasteiger partial charge in [0.15, 0.2) is 0 Å². The zero-order valence-electron chi connectivity index (χ0n) is 14.9. The van der Waals surface area contributed by atoms with Crippen molar-refractivity contribution in [1.29, 1.82) is 0 Å². The van der Waals surface area contributed by atoms with Crippen LogP contribution in [0.4, 0.5) is 4.39 Å². The molecule has 0 aliphatic heterocycles. The van der Waals surface area contributed by atoms with Crippen molar-refractivity contribution in [3.63, 3.8) is 0 Å². The highest BCUT2D eigenvalue weighted by atomic mass is 19.1. The van der Waals surface area contributed by atoms with E-state index >= 15 is 0 Å². The van der Waals surface area contributed by atoms with Gasteiger partial charge in [-0.15, -0.1) is 0 Å². The second kappa shape index (κ2) is 9.18. The molecule has 0 unspecified atom stereocenters. The van der Waals surface area contributed by atoms with E-state index in [1.165, 1.54) is 12.1 Å². The smallest absolute Gasteiger partial charge is 0.234 e. The summed E-state index contributed by atoms with van der Waals surface area (Å²) < 4.78 is 18.2. The Balaban J connectivity index is 1.85. The molecule has 134 valence electrons. The van der Waals surface area contributed by atoms with Crippen molar-refractivity contribution in [2.24, 2.45) is 5.92 Å². The fourth-order valence-electron chi connectivity index (χ4n) is 2.62. The van der Waals surface area contributed by atoms with Crippen molar-refractivity contribution in [1.82, 2.24) is 10.6 Å². The lowest BCUT2D eigenvalue weighted by molar-refractivity contribution is -0.120. The van der Waals surface area contributed by atoms with Gasteiger partial charge < -0.3 is 15.4 Å². The first-order valence-electron chi connectivity index (χ1n) is 8.38. The minimum atomic E-state index is -0.261. The zero-order valence-corrected chi connectivity index (χ0v) is 14.9. The van der Waals surface area contributed by atoms with E-state index in [9.17, 15) is 9.18 Å². The third kappa shape index (κ3) is 5.87. The van der Waals surface area contributed by atoms with Crippen molar-refractivity contribution in [3.8, 4) is 5.75 Å². The van der Waals surface area contributed by atoms with Gasteiger partial charge in [0.05, 0.1) is 13.7 Å². The fourth-order valence-corrected chi connectivity index (χ4v) is 2.62. The van der Waals surface area contributed by atoms with E-state index in [-0.39, 0.29) is 30.2 Å². The Morgan fingerprint density at radius 2 is 1.72 bits per heavy atom. The molecule has 2 aromatic rings. The van der Waals surface area contributed by atoms with Crippen LogP contribution in [0.15, 0.2) is 48.5 Å². The molecule has 0 aliphatic rings. The number of nitrogens with one attached hydrogen (secondary N) is 2. The Kier molecular flexibility index (Phi) is 6.95. The topological polar surface area (TPSA) is 50.4 Å². The first-order valence-corrected chi connectivity index (χ1v) is 8.38. The predicted octanol–water partition coefficient (Wildman–Crippen LogP) is 3.44. The molecule has 2 N–H and O–H groups in total. The maximum atomic E-state index is 13.1. The van der Waals surface area contributed by atoms with Gasteiger partial charge in [-0.1, -0.05) is 38.1 Å². The van der Waals surface area contributed by atoms with Gasteiger partial charge in [-0.3, -0.25) is 4.79 Å². The number of carbonyl (C=O) groups is 1. The molecular formula is C20H25FN2O2. The lowest BCUT2D eigenvalue weighted by atomic mass is 9.96. The second-order valence-electron chi connectivity index (χ2n) is 6.28. The standard InChI is InChI=1S/C20H25FN2O2/c1-14(2)20(16-6-8-17(21)9-7-16)23-13-19(24)22-12-15-4-10-18(25-3)11-5-15/h4-11,14,20,23H,12-13H2,1-3H3,(H,22,24)/t20-/m1/s1. The van der Waals surface area contributed by atoms with E-state index in [0.29, 0.717) is 6.54 Å². The van der Waals surface area contributed by atoms with Gasteiger partial charge in [-0.2, -0.15) is 0 Å². The molecule has 2 aromatic carbocycles. The van der Waals surface area contributed by atoms with E-state index < -0.39 is 0 Å². The summed E-state index contributed by atoms with van der Waals surface area (Å²) in [4.78, 5) is 12.1. The zero-order chi connectivity index (χ0) is 18.2. The van der Waals surface area contributed by atoms with Crippen LogP contribution in [-0.2, 0) is 11.3 Å². The second-order valence-corrected chi connectivity index (χ2v) is 6.28. The summed E-state index contributed by atoms with van der Waals surface area (Å²) >= 11 is 0. The molecule has 1 amide bonds. The number of benzene rings is 2. The highest BCUT2D eigenvalue weighted by Crippen LogP contribution is 2.21. The van der Waals surface area contributed by atoms with Crippen LogP contribution in [0.1, 0.15) is 31.0 Å². The highest BCUT2D eigenvalue weighted by molar-refractivity contribution is 5.78. The molecule has 0 saturated carbocycles. The summed E-state index contributed by atoms with van der Waals surface area (Å²) in [6.45, 7) is 4.80. The van der Waals surface area contributed by atoms with E-state index in [2.05, 4.69) is 24.5 Å². The summed E-state index contributed by atoms with van der Waals surface area (Å²) in [5, 5.41) is 6.14. The lowest BCUT2D eigenvalue weighted by Gasteiger charge is -2.22. The van der Waals surface area contributed by atoms with E-state index in [1.54, 1.807) is 19.2 Å². The van der Waals surface area contributed by atoms with Gasteiger partial charge in [0.1, 0.15) is 11.6 Å². The third-order valence-corrected chi connectivity index (χ3v) is 4.03. The number of rotatable bonds is 8. The number of hydrogen-bond donors (Lipinski definition) is 2. The van der Waals surface area contributed by atoms with Gasteiger partial charge in [0, 0.05) is 12.6 Å². The highest BCUT2D eigenvalue weighted by Gasteiger charge is 2.16. The first-order chi connectivity index (χ1) is 12.0. The lowest BCUT2D eigenvalue weighted by Crippen LogP contribution is -2.37. The Hall–Kier alpha value is -2.40. The molecule has 0 aromatic heterocycles. The van der Waals surface area contributed by atoms with Crippen molar-refractivity contribution in [3.05, 3.63) is 65.5 Å². The minimum absolute atomic E-state index is 0.00710. The van der Waals surface area contributed by atoms with Crippen molar-refractivity contribution < 1.29 is 13.9 Å². The maximum absolute atomic E-state index is 13.1. The van der Waals surface area contributed by atoms with Crippen LogP contribution in [0.5, 0.6) is 5.75 Å². The van der Waals surface area contributed by atoms with Crippen LogP contribution in [0.2, 0.25) is 0 Å². The molecule has 2 rings (SSSR count). The van der Waals surface area contributed by atoms with E-state index in [0.717, 1.165) is 16.9 Å². The molecule has 5 heteroatoms. The molecule has 0 heterocycles. The van der Waals surface area contributed by atoms with Crippen molar-refractivity contribution >= 4 is 5.91 Å². The van der Waals surface area contributed by atoms with Gasteiger partial charge in [0.25, 0.3) is 0 Å². The summed E-state index contributed by atoms with van der Waals surface area (Å²) in [5.74, 6) is 0.725. The SMILES string of the molecule is COc1ccc(CNC(=O)CN[C@@H](c2ccc(F)cc2)C(C)C)cc1. The molecule has 0 fully saturated rings. The van der Waals surface area contributed by atoms with Gasteiger partial charge in [0.2, 0.25) is 5.91 Å². The summed E-state index contributed by atoms with van der Waals surface area (Å²) in [5.41, 5.74) is 1.98. The number of halogens is 1. The molecule has 0 aliphatic carbocycles. The molecular weight excluding hydrogens is 319 g/mol. The first kappa shape index (κ1) is 18.9. The number of ether oxygens (including phenoxy) is 1. The number of carbonyl (C=O) groups excluding carboxylic acids is 1. The molecule has 1 atom stereocenters. The van der Waals surface area contributed by atoms with Crippen LogP contribution < -0.4 is 15.4 Å². The maximum Gasteiger partial charge on any atom is 0.234 e. The van der Waals surface area contributed by atoms with Crippen LogP contribution in [-0.4, -0.2) is 19.6 Å². The number of hydrogen-bond acceptors (Lipinski definition) is 3. The summed E-state index contributed by atoms with van der Waals surface area (Å²) in [6, 6.07) is 13.9. The Morgan fingerprint density at radius 1 is 1.08 bits per heavy atom. The van der Waals surface area contributed by atoms with E-state index in [1.807, 2.05) is 24.3 Å². The number of amides is 1. The summed E-state index contributed by atoms with van der Waals surface area (Å²) in [6.07, 6.45) is 0. The normalized spacial score (nSPS) is 12.0. The van der Waals surface area contributed by atoms with Crippen molar-refractivity contribution in [2.45, 2.75) is 26.4 Å². The van der Waals surface area contributed by atoms with Crippen LogP contribution >= 0.6 is 0 Å². The van der Waals surface area contributed by atoms with Crippen LogP contribution in [0, 0.1) is 11.7 Å². The van der Waals surface area contributed by atoms with Gasteiger partial charge >= 0.3 is 0 Å². The van der Waals surface area contributed by atoms with Crippen LogP contribution in [0.3, 0.4) is 0 Å². The Bertz CT molecular complexity index is 669. The van der Waals surface area contributed by atoms with Crippen LogP contribution in [0.25, 0.3) is 0 Å². The molecule has 4 nitrogen and oxygen atoms in total. The average Bonchev–Trinajstić information content (AvgIpc) is 2.61. The molecule has 0 bridgehead atoms.